The molecule has 2 aliphatic carbocycles. The molecule has 86 valence electrons. The van der Waals surface area contributed by atoms with Crippen LogP contribution in [-0.4, -0.2) is 0 Å². The molecular weight excluding hydrogens is 192 g/mol. The van der Waals surface area contributed by atoms with Crippen LogP contribution in [0.15, 0.2) is 46.6 Å². The van der Waals surface area contributed by atoms with Gasteiger partial charge in [0.2, 0.25) is 0 Å². The van der Waals surface area contributed by atoms with Crippen LogP contribution in [0.4, 0.5) is 0 Å². The van der Waals surface area contributed by atoms with Crippen LogP contribution in [0, 0.1) is 0 Å². The maximum absolute atomic E-state index is 2.41. The lowest BCUT2D eigenvalue weighted by Crippen LogP contribution is -1.90. The minimum Gasteiger partial charge on any atom is -0.0773 e. The Morgan fingerprint density at radius 2 is 1.06 bits per heavy atom. The van der Waals surface area contributed by atoms with Crippen molar-refractivity contribution in [3.8, 4) is 0 Å². The predicted molar refractivity (Wildman–Crippen MR) is 71.4 cm³/mol. The van der Waals surface area contributed by atoms with Gasteiger partial charge in [0.05, 0.1) is 0 Å². The molecule has 0 radical (unpaired) electrons. The highest BCUT2D eigenvalue weighted by Gasteiger charge is 2.12. The van der Waals surface area contributed by atoms with Crippen molar-refractivity contribution in [3.05, 3.63) is 46.6 Å². The number of hydrogen-bond acceptors (Lipinski definition) is 0. The van der Waals surface area contributed by atoms with Crippen LogP contribution in [0.25, 0.3) is 0 Å². The van der Waals surface area contributed by atoms with E-state index in [9.17, 15) is 0 Å². The molecule has 0 bridgehead atoms. The van der Waals surface area contributed by atoms with E-state index in [0.29, 0.717) is 0 Å². The molecule has 0 saturated heterocycles. The first-order chi connectivity index (χ1) is 7.85. The molecule has 0 heterocycles. The summed E-state index contributed by atoms with van der Waals surface area (Å²) in [5.74, 6) is 0. The third-order valence-electron chi connectivity index (χ3n) is 3.71. The third-order valence-corrected chi connectivity index (χ3v) is 3.71. The molecule has 0 aliphatic heterocycles. The number of hydrogen-bond donors (Lipinski definition) is 0. The highest BCUT2D eigenvalue weighted by molar-refractivity contribution is 5.41. The molecule has 0 nitrogen and oxygen atoms in total. The third kappa shape index (κ3) is 2.37. The molecule has 0 unspecified atom stereocenters. The second-order valence-electron chi connectivity index (χ2n) is 4.60. The van der Waals surface area contributed by atoms with Gasteiger partial charge in [-0.25, -0.2) is 0 Å². The van der Waals surface area contributed by atoms with E-state index >= 15 is 0 Å². The van der Waals surface area contributed by atoms with Crippen LogP contribution < -0.4 is 0 Å². The summed E-state index contributed by atoms with van der Waals surface area (Å²) in [6.45, 7) is 4.52. The fourth-order valence-electron chi connectivity index (χ4n) is 2.75. The zero-order valence-corrected chi connectivity index (χ0v) is 10.6. The molecule has 0 atom stereocenters. The first-order valence-electron chi connectivity index (χ1n) is 6.62. The molecule has 0 saturated carbocycles. The lowest BCUT2D eigenvalue weighted by atomic mass is 9.96. The molecule has 0 heteroatoms. The van der Waals surface area contributed by atoms with Crippen LogP contribution in [0.1, 0.15) is 52.4 Å². The second kappa shape index (κ2) is 5.34. The van der Waals surface area contributed by atoms with Crippen molar-refractivity contribution in [2.24, 2.45) is 0 Å². The Balaban J connectivity index is 1.89. The summed E-state index contributed by atoms with van der Waals surface area (Å²) in [5, 5.41) is 0. The van der Waals surface area contributed by atoms with E-state index in [1.54, 1.807) is 22.3 Å². The van der Waals surface area contributed by atoms with E-state index in [4.69, 9.17) is 0 Å². The first-order valence-corrected chi connectivity index (χ1v) is 6.62. The number of rotatable bonds is 5. The van der Waals surface area contributed by atoms with Gasteiger partial charge in [-0.3, -0.25) is 0 Å². The highest BCUT2D eigenvalue weighted by Crippen LogP contribution is 2.31. The van der Waals surface area contributed by atoms with Crippen LogP contribution >= 0.6 is 0 Å². The van der Waals surface area contributed by atoms with Crippen molar-refractivity contribution in [2.75, 3.05) is 0 Å². The molecular formula is C16H22. The second-order valence-corrected chi connectivity index (χ2v) is 4.60. The van der Waals surface area contributed by atoms with Gasteiger partial charge in [-0.1, -0.05) is 38.2 Å². The van der Waals surface area contributed by atoms with Gasteiger partial charge in [-0.05, 0) is 60.8 Å². The largest absolute Gasteiger partial charge is 0.0773 e. The predicted octanol–water partition coefficient (Wildman–Crippen LogP) is 5.10. The fraction of sp³-hybridized carbons (Fsp3) is 0.500. The van der Waals surface area contributed by atoms with Gasteiger partial charge in [-0.15, -0.1) is 0 Å². The Kier molecular flexibility index (Phi) is 3.82. The fourth-order valence-corrected chi connectivity index (χ4v) is 2.75. The standard InChI is InChI=1S/C16H22/c1-3-13-7-5-9-15(13)11-12-16-10-6-8-14(16)4-2/h7-10H,3-6,11-12H2,1-2H3. The maximum Gasteiger partial charge on any atom is -0.0157 e. The van der Waals surface area contributed by atoms with Crippen molar-refractivity contribution >= 4 is 0 Å². The van der Waals surface area contributed by atoms with Crippen molar-refractivity contribution < 1.29 is 0 Å². The van der Waals surface area contributed by atoms with E-state index in [2.05, 4.69) is 38.2 Å². The van der Waals surface area contributed by atoms with Gasteiger partial charge in [0.15, 0.2) is 0 Å². The summed E-state index contributed by atoms with van der Waals surface area (Å²) in [5.41, 5.74) is 6.37. The smallest absolute Gasteiger partial charge is 0.0157 e. The monoisotopic (exact) mass is 214 g/mol. The van der Waals surface area contributed by atoms with Crippen LogP contribution in [0.5, 0.6) is 0 Å². The quantitative estimate of drug-likeness (QED) is 0.597. The van der Waals surface area contributed by atoms with Gasteiger partial charge in [0.25, 0.3) is 0 Å². The molecule has 0 N–H and O–H groups in total. The van der Waals surface area contributed by atoms with Crippen molar-refractivity contribution in [1.29, 1.82) is 0 Å². The van der Waals surface area contributed by atoms with E-state index in [1.165, 1.54) is 25.7 Å². The molecule has 2 aliphatic rings. The molecule has 0 aromatic heterocycles. The molecule has 16 heavy (non-hydrogen) atoms. The Morgan fingerprint density at radius 1 is 0.688 bits per heavy atom. The average Bonchev–Trinajstić information content (AvgIpc) is 2.94. The number of allylic oxidation sites excluding steroid dienone is 8. The minimum atomic E-state index is 1.16. The van der Waals surface area contributed by atoms with E-state index in [1.807, 2.05) is 0 Å². The lowest BCUT2D eigenvalue weighted by molar-refractivity contribution is 0.909. The SMILES string of the molecule is CCC1=CCC=C1CCC1=CCC=C1CC. The van der Waals surface area contributed by atoms with Crippen LogP contribution in [-0.2, 0) is 0 Å². The summed E-state index contributed by atoms with van der Waals surface area (Å²) in [7, 11) is 0. The highest BCUT2D eigenvalue weighted by atomic mass is 14.2. The minimum absolute atomic E-state index is 1.16. The molecule has 0 aromatic rings. The first kappa shape index (κ1) is 11.4. The Labute approximate surface area is 99.4 Å². The summed E-state index contributed by atoms with van der Waals surface area (Å²) < 4.78 is 0. The molecule has 0 fully saturated rings. The summed E-state index contributed by atoms with van der Waals surface area (Å²) in [4.78, 5) is 0. The normalized spacial score (nSPS) is 19.4. The summed E-state index contributed by atoms with van der Waals surface area (Å²) >= 11 is 0. The van der Waals surface area contributed by atoms with Crippen molar-refractivity contribution in [1.82, 2.24) is 0 Å². The molecule has 0 amide bonds. The Bertz CT molecular complexity index is 337. The zero-order valence-electron chi connectivity index (χ0n) is 10.6. The van der Waals surface area contributed by atoms with Crippen molar-refractivity contribution in [3.63, 3.8) is 0 Å². The topological polar surface area (TPSA) is 0 Å². The van der Waals surface area contributed by atoms with Gasteiger partial charge in [-0.2, -0.15) is 0 Å². The summed E-state index contributed by atoms with van der Waals surface area (Å²) in [6.07, 6.45) is 16.8. The van der Waals surface area contributed by atoms with Crippen LogP contribution in [0.2, 0.25) is 0 Å². The zero-order chi connectivity index (χ0) is 11.4. The van der Waals surface area contributed by atoms with Crippen LogP contribution in [0.3, 0.4) is 0 Å². The van der Waals surface area contributed by atoms with E-state index in [0.717, 1.165) is 12.8 Å². The molecule has 2 rings (SSSR count). The average molecular weight is 214 g/mol. The van der Waals surface area contributed by atoms with Gasteiger partial charge in [0, 0.05) is 0 Å². The van der Waals surface area contributed by atoms with Gasteiger partial charge in [0.1, 0.15) is 0 Å². The lowest BCUT2D eigenvalue weighted by Gasteiger charge is -2.09. The Hall–Kier alpha value is -1.04. The van der Waals surface area contributed by atoms with E-state index < -0.39 is 0 Å². The maximum atomic E-state index is 2.41. The molecule has 0 aromatic carbocycles. The van der Waals surface area contributed by atoms with E-state index in [-0.39, 0.29) is 0 Å². The van der Waals surface area contributed by atoms with Gasteiger partial charge >= 0.3 is 0 Å². The Morgan fingerprint density at radius 3 is 1.44 bits per heavy atom. The summed E-state index contributed by atoms with van der Waals surface area (Å²) in [6, 6.07) is 0. The molecule has 0 spiro atoms. The van der Waals surface area contributed by atoms with Gasteiger partial charge < -0.3 is 0 Å². The van der Waals surface area contributed by atoms with Crippen molar-refractivity contribution in [2.45, 2.75) is 52.4 Å².